The summed E-state index contributed by atoms with van der Waals surface area (Å²) in [6.45, 7) is 1.53. The van der Waals surface area contributed by atoms with Gasteiger partial charge in [0.25, 0.3) is 0 Å². The van der Waals surface area contributed by atoms with Gasteiger partial charge in [0.1, 0.15) is 12.2 Å². The molecule has 4 N–H and O–H groups in total. The van der Waals surface area contributed by atoms with Gasteiger partial charge in [0, 0.05) is 26.3 Å². The van der Waals surface area contributed by atoms with E-state index in [9.17, 15) is 15.0 Å². The maximum absolute atomic E-state index is 14.4. The Morgan fingerprint density at radius 2 is 0.833 bits per heavy atom. The summed E-state index contributed by atoms with van der Waals surface area (Å²) in [4.78, 5) is 18.1. The van der Waals surface area contributed by atoms with Crippen molar-refractivity contribution in [2.45, 2.75) is 114 Å². The van der Waals surface area contributed by atoms with Crippen LogP contribution in [0, 0.1) is 0 Å². The number of hydrogen-bond acceptors (Lipinski definition) is 5. The van der Waals surface area contributed by atoms with E-state index in [0.717, 1.165) is 88.2 Å². The molecule has 0 bridgehead atoms. The highest BCUT2D eigenvalue weighted by Crippen LogP contribution is 2.28. The average molecular weight is 583 g/mol. The molecule has 0 unspecified atom stereocenters. The molecule has 1 heterocycles. The Kier molecular flexibility index (Phi) is 16.0. The highest BCUT2D eigenvalue weighted by Gasteiger charge is 2.45. The van der Waals surface area contributed by atoms with Crippen LogP contribution in [0.5, 0.6) is 0 Å². The lowest BCUT2D eigenvalue weighted by molar-refractivity contribution is -0.0396. The number of nitrogens with zero attached hydrogens (tertiary/aromatic N) is 2. The first kappa shape index (κ1) is 34.0. The lowest BCUT2D eigenvalue weighted by atomic mass is 9.91. The molecule has 42 heavy (non-hydrogen) atoms. The van der Waals surface area contributed by atoms with E-state index < -0.39 is 24.3 Å². The highest BCUT2D eigenvalue weighted by atomic mass is 16.3. The number of aliphatic hydroxyl groups is 4. The summed E-state index contributed by atoms with van der Waals surface area (Å²) in [7, 11) is 0. The summed E-state index contributed by atoms with van der Waals surface area (Å²) in [5, 5.41) is 41.5. The zero-order chi connectivity index (χ0) is 30.0. The van der Waals surface area contributed by atoms with Crippen LogP contribution >= 0.6 is 0 Å². The fourth-order valence-electron chi connectivity index (χ4n) is 6.17. The Bertz CT molecular complexity index is 898. The van der Waals surface area contributed by atoms with E-state index in [2.05, 4.69) is 0 Å². The van der Waals surface area contributed by atoms with Gasteiger partial charge in [-0.1, -0.05) is 112 Å². The van der Waals surface area contributed by atoms with Gasteiger partial charge in [-0.05, 0) is 49.7 Å². The van der Waals surface area contributed by atoms with E-state index in [1.807, 2.05) is 70.5 Å². The van der Waals surface area contributed by atoms with E-state index in [-0.39, 0.29) is 19.2 Å². The van der Waals surface area contributed by atoms with E-state index in [1.54, 1.807) is 0 Å². The lowest BCUT2D eigenvalue weighted by Gasteiger charge is -2.36. The van der Waals surface area contributed by atoms with Gasteiger partial charge in [-0.2, -0.15) is 0 Å². The average Bonchev–Trinajstić information content (AvgIpc) is 3.07. The number of benzene rings is 2. The molecule has 7 nitrogen and oxygen atoms in total. The fraction of sp³-hybridized carbons (Fsp3) is 0.629. The summed E-state index contributed by atoms with van der Waals surface area (Å²) in [6.07, 6.45) is 10.3. The number of carbonyl (C=O) groups is 1. The van der Waals surface area contributed by atoms with Gasteiger partial charge in [-0.15, -0.1) is 0 Å². The Balaban J connectivity index is 1.82. The molecule has 0 saturated carbocycles. The predicted octanol–water partition coefficient (Wildman–Crippen LogP) is 5.33. The molecular weight excluding hydrogens is 528 g/mol. The number of amides is 2. The molecule has 0 spiro atoms. The molecular formula is C35H54N2O5. The molecule has 234 valence electrons. The maximum Gasteiger partial charge on any atom is 0.320 e. The molecule has 0 radical (unpaired) electrons. The minimum atomic E-state index is -1.07. The van der Waals surface area contributed by atoms with E-state index in [1.165, 1.54) is 0 Å². The second-order valence-electron chi connectivity index (χ2n) is 11.9. The predicted molar refractivity (Wildman–Crippen MR) is 168 cm³/mol. The van der Waals surface area contributed by atoms with Crippen LogP contribution in [0.4, 0.5) is 4.79 Å². The minimum absolute atomic E-state index is 0.0898. The highest BCUT2D eigenvalue weighted by molar-refractivity contribution is 5.76. The van der Waals surface area contributed by atoms with Crippen LogP contribution in [-0.2, 0) is 12.8 Å². The Morgan fingerprint density at radius 1 is 0.500 bits per heavy atom. The van der Waals surface area contributed by atoms with Gasteiger partial charge < -0.3 is 30.2 Å². The number of urea groups is 1. The lowest BCUT2D eigenvalue weighted by Crippen LogP contribution is -2.51. The van der Waals surface area contributed by atoms with Gasteiger partial charge in [0.05, 0.1) is 12.1 Å². The standard InChI is InChI=1S/C35H54N2O5/c38-25-17-7-3-1-5-15-23-36-31(27-29-19-11-9-12-20-29)33(40)34(41)32(28-30-21-13-10-14-22-30)37(35(36)42)24-16-6-2-4-8-18-26-39/h9-14,19-22,31-34,38-41H,1-8,15-18,23-28H2/t31-,32-,33+,34+/m1/s1. The molecule has 2 aromatic rings. The summed E-state index contributed by atoms with van der Waals surface area (Å²) in [6, 6.07) is 18.7. The first-order valence-corrected chi connectivity index (χ1v) is 16.3. The number of aliphatic hydroxyl groups excluding tert-OH is 4. The van der Waals surface area contributed by atoms with Crippen LogP contribution in [0.3, 0.4) is 0 Å². The SMILES string of the molecule is O=C1N(CCCCCCCCO)[C@H](Cc2ccccc2)[C@H](O)[C@@H](O)[C@@H](Cc2ccccc2)N1CCCCCCCCO. The van der Waals surface area contributed by atoms with Crippen LogP contribution in [-0.4, -0.2) is 86.9 Å². The van der Waals surface area contributed by atoms with Crippen molar-refractivity contribution >= 4 is 6.03 Å². The van der Waals surface area contributed by atoms with Gasteiger partial charge in [0.2, 0.25) is 0 Å². The van der Waals surface area contributed by atoms with Crippen molar-refractivity contribution in [3.05, 3.63) is 71.8 Å². The van der Waals surface area contributed by atoms with Crippen molar-refractivity contribution in [1.82, 2.24) is 9.80 Å². The molecule has 2 amide bonds. The molecule has 1 saturated heterocycles. The number of carbonyl (C=O) groups excluding carboxylic acids is 1. The summed E-state index contributed by atoms with van der Waals surface area (Å²) in [5.41, 5.74) is 2.07. The zero-order valence-electron chi connectivity index (χ0n) is 25.4. The monoisotopic (exact) mass is 582 g/mol. The molecule has 2 aromatic carbocycles. The van der Waals surface area contributed by atoms with Crippen molar-refractivity contribution in [2.75, 3.05) is 26.3 Å². The number of hydrogen-bond donors (Lipinski definition) is 4. The Labute approximate surface area is 253 Å². The Morgan fingerprint density at radius 3 is 1.19 bits per heavy atom. The van der Waals surface area contributed by atoms with Gasteiger partial charge in [-0.3, -0.25) is 0 Å². The van der Waals surface area contributed by atoms with E-state index >= 15 is 0 Å². The first-order valence-electron chi connectivity index (χ1n) is 16.3. The van der Waals surface area contributed by atoms with Crippen LogP contribution in [0.1, 0.15) is 88.2 Å². The summed E-state index contributed by atoms with van der Waals surface area (Å²) in [5.74, 6) is 0. The van der Waals surface area contributed by atoms with Crippen LogP contribution in [0.2, 0.25) is 0 Å². The third-order valence-electron chi connectivity index (χ3n) is 8.62. The topological polar surface area (TPSA) is 104 Å². The van der Waals surface area contributed by atoms with Crippen LogP contribution in [0.25, 0.3) is 0 Å². The second kappa shape index (κ2) is 19.7. The van der Waals surface area contributed by atoms with E-state index in [4.69, 9.17) is 10.2 Å². The molecule has 0 aromatic heterocycles. The minimum Gasteiger partial charge on any atom is -0.396 e. The zero-order valence-corrected chi connectivity index (χ0v) is 25.4. The fourth-order valence-corrected chi connectivity index (χ4v) is 6.17. The molecule has 0 aliphatic carbocycles. The van der Waals surface area contributed by atoms with Crippen molar-refractivity contribution in [3.8, 4) is 0 Å². The molecule has 4 atom stereocenters. The summed E-state index contributed by atoms with van der Waals surface area (Å²) >= 11 is 0. The summed E-state index contributed by atoms with van der Waals surface area (Å²) < 4.78 is 0. The number of rotatable bonds is 20. The first-order chi connectivity index (χ1) is 20.6. The molecule has 7 heteroatoms. The van der Waals surface area contributed by atoms with Crippen molar-refractivity contribution in [3.63, 3.8) is 0 Å². The largest absolute Gasteiger partial charge is 0.396 e. The molecule has 1 aliphatic heterocycles. The Hall–Kier alpha value is -2.45. The number of unbranched alkanes of at least 4 members (excludes halogenated alkanes) is 10. The molecule has 3 rings (SSSR count). The van der Waals surface area contributed by atoms with E-state index in [0.29, 0.717) is 25.9 Å². The quantitative estimate of drug-likeness (QED) is 0.158. The normalized spacial score (nSPS) is 21.1. The van der Waals surface area contributed by atoms with Gasteiger partial charge in [-0.25, -0.2) is 4.79 Å². The molecule has 1 aliphatic rings. The van der Waals surface area contributed by atoms with Gasteiger partial charge in [0.15, 0.2) is 0 Å². The third-order valence-corrected chi connectivity index (χ3v) is 8.62. The van der Waals surface area contributed by atoms with Crippen molar-refractivity contribution in [2.24, 2.45) is 0 Å². The van der Waals surface area contributed by atoms with Crippen LogP contribution in [0.15, 0.2) is 60.7 Å². The molecule has 1 fully saturated rings. The smallest absolute Gasteiger partial charge is 0.320 e. The van der Waals surface area contributed by atoms with Crippen molar-refractivity contribution in [1.29, 1.82) is 0 Å². The van der Waals surface area contributed by atoms with Gasteiger partial charge >= 0.3 is 6.03 Å². The third kappa shape index (κ3) is 11.0. The maximum atomic E-state index is 14.4. The van der Waals surface area contributed by atoms with Crippen LogP contribution < -0.4 is 0 Å². The van der Waals surface area contributed by atoms with Crippen molar-refractivity contribution < 1.29 is 25.2 Å². The second-order valence-corrected chi connectivity index (χ2v) is 11.9.